The summed E-state index contributed by atoms with van der Waals surface area (Å²) in [7, 11) is 0. The lowest BCUT2D eigenvalue weighted by molar-refractivity contribution is -0.121. The van der Waals surface area contributed by atoms with E-state index in [1.165, 1.54) is 0 Å². The topological polar surface area (TPSA) is 67.9 Å². The van der Waals surface area contributed by atoms with Gasteiger partial charge in [0.05, 0.1) is 12.3 Å². The van der Waals surface area contributed by atoms with Gasteiger partial charge in [-0.1, -0.05) is 53.0 Å². The summed E-state index contributed by atoms with van der Waals surface area (Å²) in [5.41, 5.74) is 2.05. The number of nitrogens with one attached hydrogen (secondary N) is 1. The number of hydrogen-bond acceptors (Lipinski definition) is 4. The molecule has 6 nitrogen and oxygen atoms in total. The van der Waals surface area contributed by atoms with Crippen LogP contribution in [0.25, 0.3) is 0 Å². The van der Waals surface area contributed by atoms with Crippen molar-refractivity contribution in [3.05, 3.63) is 48.0 Å². The number of rotatable bonds is 7. The van der Waals surface area contributed by atoms with Gasteiger partial charge in [0.25, 0.3) is 15.6 Å². The van der Waals surface area contributed by atoms with Crippen molar-refractivity contribution in [1.82, 2.24) is 0 Å². The summed E-state index contributed by atoms with van der Waals surface area (Å²) in [6, 6.07) is 12.8. The summed E-state index contributed by atoms with van der Waals surface area (Å²) in [6.45, 7) is 3.01. The zero-order valence-electron chi connectivity index (χ0n) is 16.3. The first-order valence-electron chi connectivity index (χ1n) is 9.39. The number of nitrogens with zero attached hydrogens (tertiary/aromatic N) is 1. The molecule has 0 saturated carbocycles. The number of hydrogen-bond donors (Lipinski definition) is 1. The third kappa shape index (κ3) is 5.72. The number of para-hydroxylation sites is 1. The second-order valence-corrected chi connectivity index (χ2v) is 9.07. The Hall–Kier alpha value is -2.15. The van der Waals surface area contributed by atoms with E-state index in [2.05, 4.69) is 5.32 Å². The number of amides is 2. The van der Waals surface area contributed by atoms with Gasteiger partial charge in [0.1, 0.15) is 11.5 Å². The zero-order chi connectivity index (χ0) is 21.7. The molecule has 30 heavy (non-hydrogen) atoms. The number of anilines is 2. The minimum Gasteiger partial charge on any atom is -0.493 e. The highest BCUT2D eigenvalue weighted by Gasteiger charge is 2.31. The average molecular weight is 472 g/mol. The van der Waals surface area contributed by atoms with Crippen molar-refractivity contribution in [3.8, 4) is 11.5 Å². The molecule has 9 heteroatoms. The van der Waals surface area contributed by atoms with E-state index in [4.69, 9.17) is 44.3 Å². The standard InChI is InChI=1S/C21H21Cl3N2O4/c1-14-6-2-3-7-17(14)29-11-5-4-10-26-16-12-15(25-20(28)21(22,23)24)8-9-18(16)30-13-19(26)27/h2-3,6-9,12H,4-5,10-11,13H2,1H3,(H,25,28). The normalized spacial score (nSPS) is 13.5. The molecule has 0 spiro atoms. The van der Waals surface area contributed by atoms with Crippen LogP contribution in [-0.2, 0) is 9.59 Å². The third-order valence-electron chi connectivity index (χ3n) is 4.54. The predicted molar refractivity (Wildman–Crippen MR) is 119 cm³/mol. The van der Waals surface area contributed by atoms with Gasteiger partial charge in [-0.2, -0.15) is 0 Å². The lowest BCUT2D eigenvalue weighted by atomic mass is 10.2. The van der Waals surface area contributed by atoms with Crippen molar-refractivity contribution < 1.29 is 19.1 Å². The molecule has 0 saturated heterocycles. The van der Waals surface area contributed by atoms with Gasteiger partial charge >= 0.3 is 0 Å². The highest BCUT2D eigenvalue weighted by Crippen LogP contribution is 2.36. The Morgan fingerprint density at radius 2 is 1.97 bits per heavy atom. The molecule has 0 aromatic heterocycles. The van der Waals surface area contributed by atoms with Gasteiger partial charge in [-0.25, -0.2) is 0 Å². The van der Waals surface area contributed by atoms with Gasteiger partial charge in [0, 0.05) is 12.2 Å². The molecule has 0 atom stereocenters. The highest BCUT2D eigenvalue weighted by molar-refractivity contribution is 6.76. The molecule has 1 heterocycles. The smallest absolute Gasteiger partial charge is 0.276 e. The Morgan fingerprint density at radius 1 is 1.20 bits per heavy atom. The number of aryl methyl sites for hydroxylation is 1. The molecule has 0 radical (unpaired) electrons. The van der Waals surface area contributed by atoms with Crippen LogP contribution in [0, 0.1) is 6.92 Å². The molecule has 0 unspecified atom stereocenters. The SMILES string of the molecule is Cc1ccccc1OCCCCN1C(=O)COc2ccc(NC(=O)C(Cl)(Cl)Cl)cc21. The van der Waals surface area contributed by atoms with Crippen molar-refractivity contribution in [2.24, 2.45) is 0 Å². The zero-order valence-corrected chi connectivity index (χ0v) is 18.6. The van der Waals surface area contributed by atoms with Gasteiger partial charge in [0.15, 0.2) is 6.61 Å². The summed E-state index contributed by atoms with van der Waals surface area (Å²) >= 11 is 16.8. The molecule has 1 aliphatic heterocycles. The molecule has 2 aromatic rings. The van der Waals surface area contributed by atoms with Crippen molar-refractivity contribution in [2.75, 3.05) is 30.0 Å². The molecule has 0 fully saturated rings. The van der Waals surface area contributed by atoms with Crippen molar-refractivity contribution >= 4 is 58.0 Å². The maximum atomic E-state index is 12.4. The quantitative estimate of drug-likeness (QED) is 0.461. The molecule has 1 aliphatic rings. The lowest BCUT2D eigenvalue weighted by Crippen LogP contribution is -2.39. The molecule has 0 aliphatic carbocycles. The number of fused-ring (bicyclic) bond motifs is 1. The van der Waals surface area contributed by atoms with Crippen LogP contribution >= 0.6 is 34.8 Å². The van der Waals surface area contributed by atoms with E-state index in [-0.39, 0.29) is 12.5 Å². The fraction of sp³-hybridized carbons (Fsp3) is 0.333. The molecule has 1 N–H and O–H groups in total. The highest BCUT2D eigenvalue weighted by atomic mass is 35.6. The van der Waals surface area contributed by atoms with E-state index < -0.39 is 9.70 Å². The fourth-order valence-corrected chi connectivity index (χ4v) is 3.14. The number of ether oxygens (including phenoxy) is 2. The first-order chi connectivity index (χ1) is 14.3. The van der Waals surface area contributed by atoms with Crippen molar-refractivity contribution in [3.63, 3.8) is 0 Å². The minimum absolute atomic E-state index is 0.0352. The van der Waals surface area contributed by atoms with Crippen LogP contribution in [0.3, 0.4) is 0 Å². The first kappa shape index (κ1) is 22.5. The van der Waals surface area contributed by atoms with Gasteiger partial charge in [-0.3, -0.25) is 9.59 Å². The summed E-state index contributed by atoms with van der Waals surface area (Å²) in [5.74, 6) is 0.472. The van der Waals surface area contributed by atoms with Crippen LogP contribution in [0.2, 0.25) is 0 Å². The largest absolute Gasteiger partial charge is 0.493 e. The molecular formula is C21H21Cl3N2O4. The lowest BCUT2D eigenvalue weighted by Gasteiger charge is -2.30. The van der Waals surface area contributed by atoms with Crippen LogP contribution < -0.4 is 19.7 Å². The molecule has 160 valence electrons. The average Bonchev–Trinajstić information content (AvgIpc) is 2.69. The minimum atomic E-state index is -2.08. The Bertz CT molecular complexity index is 931. The van der Waals surface area contributed by atoms with E-state index in [0.29, 0.717) is 30.3 Å². The molecule has 2 amide bonds. The third-order valence-corrected chi connectivity index (χ3v) is 5.06. The fourth-order valence-electron chi connectivity index (χ4n) is 3.00. The Kier molecular flexibility index (Phi) is 7.34. The van der Waals surface area contributed by atoms with Crippen molar-refractivity contribution in [2.45, 2.75) is 23.6 Å². The monoisotopic (exact) mass is 470 g/mol. The van der Waals surface area contributed by atoms with Crippen LogP contribution in [0.1, 0.15) is 18.4 Å². The Labute approximate surface area is 190 Å². The van der Waals surface area contributed by atoms with Gasteiger partial charge in [-0.15, -0.1) is 0 Å². The first-order valence-corrected chi connectivity index (χ1v) is 10.5. The van der Waals surface area contributed by atoms with Crippen LogP contribution in [-0.4, -0.2) is 35.4 Å². The second-order valence-electron chi connectivity index (χ2n) is 6.79. The number of benzene rings is 2. The van der Waals surface area contributed by atoms with Crippen LogP contribution in [0.5, 0.6) is 11.5 Å². The molecule has 0 bridgehead atoms. The van der Waals surface area contributed by atoms with E-state index in [1.807, 2.05) is 31.2 Å². The van der Waals surface area contributed by atoms with E-state index in [9.17, 15) is 9.59 Å². The summed E-state index contributed by atoms with van der Waals surface area (Å²) in [4.78, 5) is 25.9. The maximum absolute atomic E-state index is 12.4. The van der Waals surface area contributed by atoms with Crippen LogP contribution in [0.15, 0.2) is 42.5 Å². The second kappa shape index (κ2) is 9.77. The molecular weight excluding hydrogens is 451 g/mol. The van der Waals surface area contributed by atoms with Gasteiger partial charge in [0.2, 0.25) is 0 Å². The summed E-state index contributed by atoms with van der Waals surface area (Å²) < 4.78 is 9.20. The number of carbonyl (C=O) groups is 2. The summed E-state index contributed by atoms with van der Waals surface area (Å²) in [6.07, 6.45) is 1.51. The van der Waals surface area contributed by atoms with Gasteiger partial charge in [-0.05, 0) is 49.6 Å². The molecule has 3 rings (SSSR count). The van der Waals surface area contributed by atoms with E-state index in [1.54, 1.807) is 23.1 Å². The van der Waals surface area contributed by atoms with E-state index >= 15 is 0 Å². The number of unbranched alkanes of at least 4 members (excludes halogenated alkanes) is 1. The molecule has 2 aromatic carbocycles. The van der Waals surface area contributed by atoms with Crippen LogP contribution in [0.4, 0.5) is 11.4 Å². The number of carbonyl (C=O) groups excluding carboxylic acids is 2. The van der Waals surface area contributed by atoms with Crippen molar-refractivity contribution in [1.29, 1.82) is 0 Å². The Balaban J connectivity index is 1.60. The summed E-state index contributed by atoms with van der Waals surface area (Å²) in [5, 5.41) is 2.52. The van der Waals surface area contributed by atoms with E-state index in [0.717, 1.165) is 24.2 Å². The predicted octanol–water partition coefficient (Wildman–Crippen LogP) is 4.89. The van der Waals surface area contributed by atoms with Gasteiger partial charge < -0.3 is 19.7 Å². The number of alkyl halides is 3. The number of halogens is 3. The maximum Gasteiger partial charge on any atom is 0.276 e. The Morgan fingerprint density at radius 3 is 2.70 bits per heavy atom.